The average Bonchev–Trinajstić information content (AvgIpc) is 2.77. The standard InChI is InChI=1S/C25H23N3O2/c1-28-25(30)22-15-9-8-14-21(22)23(27-28)24(29)26-20(16-18-10-4-2-5-11-18)17-19-12-6-3-7-13-19/h2-15,20H,16-17H2,1H3,(H,26,29). The van der Waals surface area contributed by atoms with E-state index in [2.05, 4.69) is 34.7 Å². The Labute approximate surface area is 175 Å². The first-order valence-corrected chi connectivity index (χ1v) is 9.96. The summed E-state index contributed by atoms with van der Waals surface area (Å²) in [6.45, 7) is 0. The van der Waals surface area contributed by atoms with E-state index < -0.39 is 0 Å². The van der Waals surface area contributed by atoms with Crippen LogP contribution in [0.4, 0.5) is 0 Å². The number of carbonyl (C=O) groups is 1. The molecule has 0 unspecified atom stereocenters. The maximum absolute atomic E-state index is 13.2. The van der Waals surface area contributed by atoms with E-state index in [0.29, 0.717) is 23.6 Å². The van der Waals surface area contributed by atoms with Crippen molar-refractivity contribution >= 4 is 16.7 Å². The van der Waals surface area contributed by atoms with E-state index in [1.54, 1.807) is 25.2 Å². The number of aromatic nitrogens is 2. The molecule has 0 saturated carbocycles. The van der Waals surface area contributed by atoms with Crippen LogP contribution in [0.5, 0.6) is 0 Å². The van der Waals surface area contributed by atoms with Crippen molar-refractivity contribution in [2.75, 3.05) is 0 Å². The highest BCUT2D eigenvalue weighted by Gasteiger charge is 2.20. The van der Waals surface area contributed by atoms with Crippen LogP contribution in [-0.4, -0.2) is 21.7 Å². The number of nitrogens with one attached hydrogen (secondary N) is 1. The number of carbonyl (C=O) groups excluding carboxylic acids is 1. The molecule has 0 aliphatic heterocycles. The highest BCUT2D eigenvalue weighted by molar-refractivity contribution is 6.04. The van der Waals surface area contributed by atoms with Crippen molar-refractivity contribution in [1.82, 2.24) is 15.1 Å². The molecule has 30 heavy (non-hydrogen) atoms. The Kier molecular flexibility index (Phi) is 5.70. The Morgan fingerprint density at radius 3 is 1.90 bits per heavy atom. The summed E-state index contributed by atoms with van der Waals surface area (Å²) in [7, 11) is 1.57. The fourth-order valence-corrected chi connectivity index (χ4v) is 3.69. The van der Waals surface area contributed by atoms with Crippen molar-refractivity contribution < 1.29 is 4.79 Å². The summed E-state index contributed by atoms with van der Waals surface area (Å²) in [4.78, 5) is 25.6. The number of aryl methyl sites for hydroxylation is 1. The minimum atomic E-state index is -0.279. The molecule has 0 atom stereocenters. The lowest BCUT2D eigenvalue weighted by atomic mass is 9.98. The highest BCUT2D eigenvalue weighted by atomic mass is 16.2. The van der Waals surface area contributed by atoms with Crippen molar-refractivity contribution in [1.29, 1.82) is 0 Å². The van der Waals surface area contributed by atoms with Crippen LogP contribution in [0.1, 0.15) is 21.6 Å². The summed E-state index contributed by atoms with van der Waals surface area (Å²) in [6.07, 6.45) is 1.40. The molecule has 0 fully saturated rings. The van der Waals surface area contributed by atoms with Crippen LogP contribution in [-0.2, 0) is 19.9 Å². The molecule has 1 N–H and O–H groups in total. The molecule has 0 aliphatic rings. The first kappa shape index (κ1) is 19.6. The van der Waals surface area contributed by atoms with Crippen LogP contribution in [0.25, 0.3) is 10.8 Å². The normalized spacial score (nSPS) is 11.0. The van der Waals surface area contributed by atoms with Crippen molar-refractivity contribution in [2.45, 2.75) is 18.9 Å². The van der Waals surface area contributed by atoms with E-state index in [0.717, 1.165) is 11.1 Å². The topological polar surface area (TPSA) is 64.0 Å². The van der Waals surface area contributed by atoms with Gasteiger partial charge < -0.3 is 5.32 Å². The molecule has 1 heterocycles. The summed E-state index contributed by atoms with van der Waals surface area (Å²) in [5.41, 5.74) is 2.35. The number of nitrogens with zero attached hydrogens (tertiary/aromatic N) is 2. The largest absolute Gasteiger partial charge is 0.347 e. The minimum Gasteiger partial charge on any atom is -0.347 e. The Morgan fingerprint density at radius 2 is 1.33 bits per heavy atom. The lowest BCUT2D eigenvalue weighted by Gasteiger charge is -2.20. The van der Waals surface area contributed by atoms with Crippen molar-refractivity contribution in [3.05, 3.63) is 112 Å². The summed E-state index contributed by atoms with van der Waals surface area (Å²) in [5, 5.41) is 8.47. The first-order valence-electron chi connectivity index (χ1n) is 9.96. The quantitative estimate of drug-likeness (QED) is 0.541. The molecule has 0 aliphatic carbocycles. The molecule has 5 nitrogen and oxygen atoms in total. The fraction of sp³-hybridized carbons (Fsp3) is 0.160. The maximum atomic E-state index is 13.2. The molecule has 3 aromatic carbocycles. The van der Waals surface area contributed by atoms with Gasteiger partial charge in [0.2, 0.25) is 0 Å². The number of hydrogen-bond donors (Lipinski definition) is 1. The Hall–Kier alpha value is -3.73. The van der Waals surface area contributed by atoms with Gasteiger partial charge in [0.1, 0.15) is 0 Å². The van der Waals surface area contributed by atoms with E-state index in [1.807, 2.05) is 42.5 Å². The van der Waals surface area contributed by atoms with Crippen molar-refractivity contribution in [3.63, 3.8) is 0 Å². The van der Waals surface area contributed by atoms with Crippen LogP contribution >= 0.6 is 0 Å². The smallest absolute Gasteiger partial charge is 0.274 e. The van der Waals surface area contributed by atoms with Crippen LogP contribution in [0.15, 0.2) is 89.7 Å². The highest BCUT2D eigenvalue weighted by Crippen LogP contribution is 2.15. The first-order chi connectivity index (χ1) is 14.6. The second kappa shape index (κ2) is 8.74. The van der Waals surface area contributed by atoms with Gasteiger partial charge in [0.05, 0.1) is 5.39 Å². The molecule has 4 rings (SSSR count). The summed E-state index contributed by atoms with van der Waals surface area (Å²) < 4.78 is 1.22. The lowest BCUT2D eigenvalue weighted by Crippen LogP contribution is -2.39. The van der Waals surface area contributed by atoms with Crippen LogP contribution in [0, 0.1) is 0 Å². The van der Waals surface area contributed by atoms with Crippen LogP contribution in [0.3, 0.4) is 0 Å². The summed E-state index contributed by atoms with van der Waals surface area (Å²) >= 11 is 0. The zero-order valence-corrected chi connectivity index (χ0v) is 16.8. The summed E-state index contributed by atoms with van der Waals surface area (Å²) in [6, 6.07) is 27.2. The van der Waals surface area contributed by atoms with E-state index in [4.69, 9.17) is 0 Å². The van der Waals surface area contributed by atoms with Gasteiger partial charge in [-0.05, 0) is 30.0 Å². The maximum Gasteiger partial charge on any atom is 0.274 e. The molecule has 150 valence electrons. The number of amides is 1. The van der Waals surface area contributed by atoms with Crippen molar-refractivity contribution in [3.8, 4) is 0 Å². The second-order valence-corrected chi connectivity index (χ2v) is 7.37. The van der Waals surface area contributed by atoms with Gasteiger partial charge in [-0.1, -0.05) is 78.9 Å². The third-order valence-electron chi connectivity index (χ3n) is 5.16. The van der Waals surface area contributed by atoms with E-state index in [1.165, 1.54) is 4.68 Å². The monoisotopic (exact) mass is 397 g/mol. The fourth-order valence-electron chi connectivity index (χ4n) is 3.69. The number of rotatable bonds is 6. The molecule has 0 saturated heterocycles. The predicted octanol–water partition coefficient (Wildman–Crippen LogP) is 3.52. The Bertz CT molecular complexity index is 1180. The Morgan fingerprint density at radius 1 is 0.833 bits per heavy atom. The van der Waals surface area contributed by atoms with Gasteiger partial charge in [0, 0.05) is 18.5 Å². The van der Waals surface area contributed by atoms with Gasteiger partial charge in [0.15, 0.2) is 5.69 Å². The van der Waals surface area contributed by atoms with Gasteiger partial charge in [-0.25, -0.2) is 4.68 Å². The van der Waals surface area contributed by atoms with E-state index >= 15 is 0 Å². The minimum absolute atomic E-state index is 0.111. The predicted molar refractivity (Wildman–Crippen MR) is 119 cm³/mol. The summed E-state index contributed by atoms with van der Waals surface area (Å²) in [5.74, 6) is -0.279. The van der Waals surface area contributed by atoms with Crippen molar-refractivity contribution in [2.24, 2.45) is 7.05 Å². The molecule has 5 heteroatoms. The zero-order chi connectivity index (χ0) is 20.9. The second-order valence-electron chi connectivity index (χ2n) is 7.37. The molecule has 1 amide bonds. The molecule has 0 radical (unpaired) electrons. The van der Waals surface area contributed by atoms with Gasteiger partial charge >= 0.3 is 0 Å². The molecule has 1 aromatic heterocycles. The molecular weight excluding hydrogens is 374 g/mol. The van der Waals surface area contributed by atoms with E-state index in [-0.39, 0.29) is 23.2 Å². The van der Waals surface area contributed by atoms with E-state index in [9.17, 15) is 9.59 Å². The van der Waals surface area contributed by atoms with Gasteiger partial charge in [0.25, 0.3) is 11.5 Å². The number of fused-ring (bicyclic) bond motifs is 1. The zero-order valence-electron chi connectivity index (χ0n) is 16.8. The number of hydrogen-bond acceptors (Lipinski definition) is 3. The molecule has 0 bridgehead atoms. The van der Waals surface area contributed by atoms with Crippen LogP contribution < -0.4 is 10.9 Å². The van der Waals surface area contributed by atoms with Gasteiger partial charge in [-0.2, -0.15) is 5.10 Å². The van der Waals surface area contributed by atoms with Gasteiger partial charge in [-0.3, -0.25) is 9.59 Å². The molecule has 4 aromatic rings. The molecule has 0 spiro atoms. The average molecular weight is 397 g/mol. The van der Waals surface area contributed by atoms with Crippen LogP contribution in [0.2, 0.25) is 0 Å². The SMILES string of the molecule is Cn1nc(C(=O)NC(Cc2ccccc2)Cc2ccccc2)c2ccccc2c1=O. The van der Waals surface area contributed by atoms with Gasteiger partial charge in [-0.15, -0.1) is 0 Å². The third-order valence-corrected chi connectivity index (χ3v) is 5.16. The third kappa shape index (κ3) is 4.30. The molecular formula is C25H23N3O2. The number of benzene rings is 3. The lowest BCUT2D eigenvalue weighted by molar-refractivity contribution is 0.0931. The Balaban J connectivity index is 1.65.